The predicted octanol–water partition coefficient (Wildman–Crippen LogP) is 0.204. The molecular formula is C10H19NO3. The molecule has 2 aliphatic heterocycles. The molecule has 82 valence electrons. The summed E-state index contributed by atoms with van der Waals surface area (Å²) in [5.74, 6) is 0. The number of hydrogen-bond acceptors (Lipinski definition) is 4. The van der Waals surface area contributed by atoms with Crippen molar-refractivity contribution in [3.05, 3.63) is 0 Å². The molecule has 0 aliphatic carbocycles. The summed E-state index contributed by atoms with van der Waals surface area (Å²) in [6, 6.07) is 0.415. The molecule has 0 saturated carbocycles. The Morgan fingerprint density at radius 1 is 1.50 bits per heavy atom. The smallest absolute Gasteiger partial charge is 0.173 e. The second kappa shape index (κ2) is 4.57. The Morgan fingerprint density at radius 2 is 2.36 bits per heavy atom. The topological polar surface area (TPSA) is 41.9 Å². The number of rotatable bonds is 3. The molecule has 0 aromatic carbocycles. The van der Waals surface area contributed by atoms with Gasteiger partial charge in [0.15, 0.2) is 6.29 Å². The third-order valence-electron chi connectivity index (χ3n) is 3.12. The molecule has 0 bridgehead atoms. The molecule has 0 aromatic rings. The maximum atomic E-state index is 8.78. The van der Waals surface area contributed by atoms with Gasteiger partial charge in [-0.2, -0.15) is 0 Å². The van der Waals surface area contributed by atoms with Gasteiger partial charge < -0.3 is 14.6 Å². The Kier molecular flexibility index (Phi) is 3.38. The fraction of sp³-hybridized carbons (Fsp3) is 1.00. The van der Waals surface area contributed by atoms with Gasteiger partial charge in [-0.05, 0) is 32.9 Å². The van der Waals surface area contributed by atoms with E-state index in [1.54, 1.807) is 0 Å². The van der Waals surface area contributed by atoms with E-state index in [0.29, 0.717) is 19.1 Å². The number of aliphatic hydroxyl groups excluding tert-OH is 1. The molecule has 1 N–H and O–H groups in total. The first-order chi connectivity index (χ1) is 6.81. The molecule has 2 aliphatic rings. The summed E-state index contributed by atoms with van der Waals surface area (Å²) >= 11 is 0. The second-order valence-corrected chi connectivity index (χ2v) is 4.16. The zero-order valence-corrected chi connectivity index (χ0v) is 8.69. The van der Waals surface area contributed by atoms with Crippen LogP contribution in [-0.4, -0.2) is 55.2 Å². The summed E-state index contributed by atoms with van der Waals surface area (Å²) in [5, 5.41) is 8.78. The zero-order valence-electron chi connectivity index (χ0n) is 8.69. The van der Waals surface area contributed by atoms with Crippen LogP contribution >= 0.6 is 0 Å². The molecule has 4 nitrogen and oxygen atoms in total. The molecule has 2 fully saturated rings. The van der Waals surface area contributed by atoms with Crippen molar-refractivity contribution < 1.29 is 14.6 Å². The van der Waals surface area contributed by atoms with Gasteiger partial charge >= 0.3 is 0 Å². The summed E-state index contributed by atoms with van der Waals surface area (Å²) in [4.78, 5) is 2.30. The molecule has 2 rings (SSSR count). The average molecular weight is 201 g/mol. The van der Waals surface area contributed by atoms with Crippen LogP contribution in [0.1, 0.15) is 19.3 Å². The van der Waals surface area contributed by atoms with Crippen molar-refractivity contribution in [1.29, 1.82) is 0 Å². The van der Waals surface area contributed by atoms with Gasteiger partial charge in [0.25, 0.3) is 0 Å². The number of hydrogen-bond donors (Lipinski definition) is 1. The minimum atomic E-state index is -0.0703. The van der Waals surface area contributed by atoms with Crippen LogP contribution in [0.2, 0.25) is 0 Å². The molecule has 3 atom stereocenters. The van der Waals surface area contributed by atoms with Crippen molar-refractivity contribution in [2.75, 3.05) is 26.8 Å². The molecule has 0 aromatic heterocycles. The van der Waals surface area contributed by atoms with Crippen LogP contribution in [0, 0.1) is 0 Å². The lowest BCUT2D eigenvalue weighted by Crippen LogP contribution is -2.37. The lowest BCUT2D eigenvalue weighted by Gasteiger charge is -2.24. The van der Waals surface area contributed by atoms with Gasteiger partial charge in [0.1, 0.15) is 0 Å². The van der Waals surface area contributed by atoms with Gasteiger partial charge in [0, 0.05) is 6.61 Å². The van der Waals surface area contributed by atoms with Crippen molar-refractivity contribution in [2.24, 2.45) is 0 Å². The van der Waals surface area contributed by atoms with E-state index in [-0.39, 0.29) is 19.0 Å². The van der Waals surface area contributed by atoms with E-state index in [1.165, 1.54) is 6.42 Å². The first kappa shape index (κ1) is 10.4. The first-order valence-electron chi connectivity index (χ1n) is 5.39. The summed E-state index contributed by atoms with van der Waals surface area (Å²) in [6.07, 6.45) is 3.10. The van der Waals surface area contributed by atoms with E-state index in [0.717, 1.165) is 13.0 Å². The zero-order chi connectivity index (χ0) is 9.97. The summed E-state index contributed by atoms with van der Waals surface area (Å²) in [7, 11) is 2.11. The third kappa shape index (κ3) is 2.08. The maximum Gasteiger partial charge on any atom is 0.173 e. The van der Waals surface area contributed by atoms with E-state index in [2.05, 4.69) is 11.9 Å². The van der Waals surface area contributed by atoms with Crippen molar-refractivity contribution in [1.82, 2.24) is 4.90 Å². The standard InChI is InChI=1S/C10H19NO3/c1-11-5-2-3-9(11)10-13-7-8(14-10)4-6-12/h8-10,12H,2-7H2,1H3. The van der Waals surface area contributed by atoms with Gasteiger partial charge in [-0.1, -0.05) is 0 Å². The molecule has 0 radical (unpaired) electrons. The summed E-state index contributed by atoms with van der Waals surface area (Å²) < 4.78 is 11.3. The highest BCUT2D eigenvalue weighted by Crippen LogP contribution is 2.26. The minimum absolute atomic E-state index is 0.0703. The molecule has 14 heavy (non-hydrogen) atoms. The number of likely N-dealkylation sites (tertiary alicyclic amines) is 1. The molecule has 4 heteroatoms. The van der Waals surface area contributed by atoms with Crippen LogP contribution in [0.15, 0.2) is 0 Å². The number of likely N-dealkylation sites (N-methyl/N-ethyl adjacent to an activating group) is 1. The van der Waals surface area contributed by atoms with E-state index < -0.39 is 0 Å². The van der Waals surface area contributed by atoms with Crippen molar-refractivity contribution >= 4 is 0 Å². The lowest BCUT2D eigenvalue weighted by atomic mass is 10.2. The number of nitrogens with zero attached hydrogens (tertiary/aromatic N) is 1. The fourth-order valence-electron chi connectivity index (χ4n) is 2.25. The molecule has 0 spiro atoms. The Morgan fingerprint density at radius 3 is 3.00 bits per heavy atom. The molecule has 2 saturated heterocycles. The molecule has 0 amide bonds. The van der Waals surface area contributed by atoms with Crippen LogP contribution < -0.4 is 0 Å². The van der Waals surface area contributed by atoms with Gasteiger partial charge in [-0.3, -0.25) is 4.90 Å². The lowest BCUT2D eigenvalue weighted by molar-refractivity contribution is -0.0996. The first-order valence-corrected chi connectivity index (χ1v) is 5.39. The molecule has 3 unspecified atom stereocenters. The van der Waals surface area contributed by atoms with Crippen LogP contribution in [0.4, 0.5) is 0 Å². The predicted molar refractivity (Wildman–Crippen MR) is 52.0 cm³/mol. The Labute approximate surface area is 84.8 Å². The highest BCUT2D eigenvalue weighted by Gasteiger charge is 2.36. The normalized spacial score (nSPS) is 39.4. The highest BCUT2D eigenvalue weighted by molar-refractivity contribution is 4.82. The highest BCUT2D eigenvalue weighted by atomic mass is 16.7. The average Bonchev–Trinajstić information content (AvgIpc) is 2.74. The van der Waals surface area contributed by atoms with Crippen LogP contribution in [0.5, 0.6) is 0 Å². The maximum absolute atomic E-state index is 8.78. The van der Waals surface area contributed by atoms with Crippen LogP contribution in [-0.2, 0) is 9.47 Å². The fourth-order valence-corrected chi connectivity index (χ4v) is 2.25. The molecule has 2 heterocycles. The van der Waals surface area contributed by atoms with Gasteiger partial charge in [0.2, 0.25) is 0 Å². The quantitative estimate of drug-likeness (QED) is 0.708. The van der Waals surface area contributed by atoms with Crippen molar-refractivity contribution in [3.63, 3.8) is 0 Å². The van der Waals surface area contributed by atoms with Crippen molar-refractivity contribution in [3.8, 4) is 0 Å². The van der Waals surface area contributed by atoms with Gasteiger partial charge in [-0.25, -0.2) is 0 Å². The third-order valence-corrected chi connectivity index (χ3v) is 3.12. The Hall–Kier alpha value is -0.160. The van der Waals surface area contributed by atoms with Crippen LogP contribution in [0.3, 0.4) is 0 Å². The van der Waals surface area contributed by atoms with E-state index in [4.69, 9.17) is 14.6 Å². The SMILES string of the molecule is CN1CCCC1C1OCC(CCO)O1. The second-order valence-electron chi connectivity index (χ2n) is 4.16. The Bertz CT molecular complexity index is 188. The Balaban J connectivity index is 1.82. The minimum Gasteiger partial charge on any atom is -0.396 e. The van der Waals surface area contributed by atoms with Crippen LogP contribution in [0.25, 0.3) is 0 Å². The number of aliphatic hydroxyl groups is 1. The van der Waals surface area contributed by atoms with E-state index >= 15 is 0 Å². The monoisotopic (exact) mass is 201 g/mol. The number of ether oxygens (including phenoxy) is 2. The van der Waals surface area contributed by atoms with E-state index in [1.807, 2.05) is 0 Å². The largest absolute Gasteiger partial charge is 0.396 e. The van der Waals surface area contributed by atoms with E-state index in [9.17, 15) is 0 Å². The van der Waals surface area contributed by atoms with Gasteiger partial charge in [-0.15, -0.1) is 0 Å². The van der Waals surface area contributed by atoms with Crippen molar-refractivity contribution in [2.45, 2.75) is 37.7 Å². The molecular weight excluding hydrogens is 182 g/mol. The summed E-state index contributed by atoms with van der Waals surface area (Å²) in [5.41, 5.74) is 0. The van der Waals surface area contributed by atoms with Gasteiger partial charge in [0.05, 0.1) is 18.8 Å². The summed E-state index contributed by atoms with van der Waals surface area (Å²) in [6.45, 7) is 1.95.